The van der Waals surface area contributed by atoms with Gasteiger partial charge in [0.05, 0.1) is 18.0 Å². The second-order valence-electron chi connectivity index (χ2n) is 5.19. The van der Waals surface area contributed by atoms with E-state index in [1.807, 2.05) is 13.8 Å². The Labute approximate surface area is 118 Å². The third kappa shape index (κ3) is 2.88. The summed E-state index contributed by atoms with van der Waals surface area (Å²) >= 11 is 0. The van der Waals surface area contributed by atoms with E-state index in [9.17, 15) is 4.79 Å². The Morgan fingerprint density at radius 1 is 1.60 bits per heavy atom. The number of nitrogens with zero attached hydrogens (tertiary/aromatic N) is 3. The van der Waals surface area contributed by atoms with E-state index >= 15 is 0 Å². The highest BCUT2D eigenvalue weighted by atomic mass is 16.5. The average Bonchev–Trinajstić information content (AvgIpc) is 2.94. The van der Waals surface area contributed by atoms with Gasteiger partial charge in [-0.3, -0.25) is 10.6 Å². The lowest BCUT2D eigenvalue weighted by molar-refractivity contribution is 0.0719. The van der Waals surface area contributed by atoms with Crippen LogP contribution in [0.3, 0.4) is 0 Å². The van der Waals surface area contributed by atoms with Crippen LogP contribution < -0.4 is 11.3 Å². The highest BCUT2D eigenvalue weighted by molar-refractivity contribution is 5.97. The minimum absolute atomic E-state index is 0.0969. The van der Waals surface area contributed by atoms with Gasteiger partial charge in [-0.1, -0.05) is 13.8 Å². The molecule has 0 spiro atoms. The van der Waals surface area contributed by atoms with Crippen molar-refractivity contribution in [2.75, 3.05) is 25.6 Å². The molecular formula is C13H21N5O2. The number of methoxy groups -OCH3 is 1. The topological polar surface area (TPSA) is 93.4 Å². The Kier molecular flexibility index (Phi) is 4.51. The molecule has 1 aliphatic rings. The predicted molar refractivity (Wildman–Crippen MR) is 75.2 cm³/mol. The van der Waals surface area contributed by atoms with Crippen molar-refractivity contribution in [1.29, 1.82) is 0 Å². The Bertz CT molecular complexity index is 492. The normalized spacial score (nSPS) is 18.6. The summed E-state index contributed by atoms with van der Waals surface area (Å²) in [4.78, 5) is 22.8. The zero-order valence-corrected chi connectivity index (χ0v) is 12.1. The molecule has 1 unspecified atom stereocenters. The van der Waals surface area contributed by atoms with Crippen molar-refractivity contribution in [2.24, 2.45) is 5.84 Å². The molecule has 3 N–H and O–H groups in total. The third-order valence-corrected chi connectivity index (χ3v) is 3.45. The number of nitrogens with two attached hydrogens (primary N) is 1. The van der Waals surface area contributed by atoms with Gasteiger partial charge < -0.3 is 15.1 Å². The van der Waals surface area contributed by atoms with E-state index in [4.69, 9.17) is 10.6 Å². The number of anilines is 1. The molecule has 1 aliphatic heterocycles. The highest BCUT2D eigenvalue weighted by Gasteiger charge is 2.29. The van der Waals surface area contributed by atoms with Gasteiger partial charge in [0.2, 0.25) is 0 Å². The number of hydrogen-bond acceptors (Lipinski definition) is 6. The molecule has 7 nitrogen and oxygen atoms in total. The Morgan fingerprint density at radius 3 is 2.90 bits per heavy atom. The summed E-state index contributed by atoms with van der Waals surface area (Å²) < 4.78 is 5.28. The Morgan fingerprint density at radius 2 is 2.35 bits per heavy atom. The summed E-state index contributed by atoms with van der Waals surface area (Å²) in [5, 5.41) is 0. The van der Waals surface area contributed by atoms with Gasteiger partial charge in [0.15, 0.2) is 5.69 Å². The highest BCUT2D eigenvalue weighted by Crippen LogP contribution is 2.20. The first-order valence-electron chi connectivity index (χ1n) is 6.72. The van der Waals surface area contributed by atoms with Crippen LogP contribution in [0.5, 0.6) is 0 Å². The van der Waals surface area contributed by atoms with Crippen molar-refractivity contribution < 1.29 is 9.53 Å². The van der Waals surface area contributed by atoms with Gasteiger partial charge in [-0.15, -0.1) is 0 Å². The summed E-state index contributed by atoms with van der Waals surface area (Å²) in [7, 11) is 1.66. The van der Waals surface area contributed by atoms with Crippen molar-refractivity contribution in [3.05, 3.63) is 17.7 Å². The molecule has 7 heteroatoms. The second-order valence-corrected chi connectivity index (χ2v) is 5.19. The number of rotatable bonds is 4. The number of aromatic nitrogens is 2. The van der Waals surface area contributed by atoms with Gasteiger partial charge in [-0.2, -0.15) is 0 Å². The fourth-order valence-corrected chi connectivity index (χ4v) is 2.20. The van der Waals surface area contributed by atoms with Crippen molar-refractivity contribution in [2.45, 2.75) is 32.3 Å². The molecule has 1 fully saturated rings. The van der Waals surface area contributed by atoms with Crippen LogP contribution in [0.15, 0.2) is 6.20 Å². The van der Waals surface area contributed by atoms with Crippen molar-refractivity contribution in [3.63, 3.8) is 0 Å². The quantitative estimate of drug-likeness (QED) is 0.624. The molecule has 2 rings (SSSR count). The Hall–Kier alpha value is -1.73. The maximum atomic E-state index is 12.5. The summed E-state index contributed by atoms with van der Waals surface area (Å²) in [5.74, 6) is 6.09. The largest absolute Gasteiger partial charge is 0.380 e. The molecular weight excluding hydrogens is 258 g/mol. The van der Waals surface area contributed by atoms with Gasteiger partial charge in [0.25, 0.3) is 5.91 Å². The minimum atomic E-state index is -0.137. The molecule has 1 saturated heterocycles. The van der Waals surface area contributed by atoms with Crippen molar-refractivity contribution in [1.82, 2.24) is 14.9 Å². The molecule has 0 radical (unpaired) electrons. The second kappa shape index (κ2) is 6.15. The maximum absolute atomic E-state index is 12.5. The monoisotopic (exact) mass is 279 g/mol. The molecule has 1 amide bonds. The van der Waals surface area contributed by atoms with Crippen LogP contribution in [0.2, 0.25) is 0 Å². The third-order valence-electron chi connectivity index (χ3n) is 3.45. The number of hydrazine groups is 1. The van der Waals surface area contributed by atoms with Gasteiger partial charge in [-0.05, 0) is 6.42 Å². The van der Waals surface area contributed by atoms with Crippen LogP contribution in [-0.4, -0.2) is 47.1 Å². The van der Waals surface area contributed by atoms with Crippen molar-refractivity contribution in [3.8, 4) is 0 Å². The molecule has 1 aromatic rings. The van der Waals surface area contributed by atoms with E-state index in [-0.39, 0.29) is 17.9 Å². The molecule has 1 atom stereocenters. The van der Waals surface area contributed by atoms with Crippen LogP contribution in [0.25, 0.3) is 0 Å². The molecule has 0 aliphatic carbocycles. The fourth-order valence-electron chi connectivity index (χ4n) is 2.20. The van der Waals surface area contributed by atoms with E-state index in [2.05, 4.69) is 15.4 Å². The molecule has 0 saturated carbocycles. The van der Waals surface area contributed by atoms with Gasteiger partial charge >= 0.3 is 0 Å². The average molecular weight is 279 g/mol. The minimum Gasteiger partial charge on any atom is -0.380 e. The molecule has 0 aromatic carbocycles. The van der Waals surface area contributed by atoms with Crippen LogP contribution in [0, 0.1) is 0 Å². The van der Waals surface area contributed by atoms with Crippen LogP contribution in [0.4, 0.5) is 5.69 Å². The molecule has 0 bridgehead atoms. The number of ether oxygens (including phenoxy) is 1. The van der Waals surface area contributed by atoms with Crippen molar-refractivity contribution >= 4 is 11.6 Å². The first-order chi connectivity index (χ1) is 9.56. The summed E-state index contributed by atoms with van der Waals surface area (Å²) in [6.07, 6.45) is 2.49. The number of nitrogens with one attached hydrogen (secondary N) is 1. The smallest absolute Gasteiger partial charge is 0.274 e. The molecule has 110 valence electrons. The lowest BCUT2D eigenvalue weighted by Crippen LogP contribution is -2.32. The first kappa shape index (κ1) is 14.7. The number of amides is 1. The number of carbonyl (C=O) groups excluding carboxylic acids is 1. The van der Waals surface area contributed by atoms with Crippen LogP contribution >= 0.6 is 0 Å². The molecule has 2 heterocycles. The SMILES string of the molecule is COC1CCN(C(=O)c2nc(C(C)C)ncc2NN)C1. The lowest BCUT2D eigenvalue weighted by atomic mass is 10.2. The van der Waals surface area contributed by atoms with E-state index in [1.54, 1.807) is 18.2 Å². The zero-order chi connectivity index (χ0) is 14.7. The van der Waals surface area contributed by atoms with E-state index in [1.165, 1.54) is 0 Å². The fraction of sp³-hybridized carbons (Fsp3) is 0.615. The van der Waals surface area contributed by atoms with Gasteiger partial charge in [0.1, 0.15) is 5.82 Å². The molecule has 1 aromatic heterocycles. The summed E-state index contributed by atoms with van der Waals surface area (Å²) in [6, 6.07) is 0. The number of carbonyl (C=O) groups is 1. The number of likely N-dealkylation sites (tertiary alicyclic amines) is 1. The standard InChI is InChI=1S/C13H21N5O2/c1-8(2)12-15-6-10(17-14)11(16-12)13(19)18-5-4-9(7-18)20-3/h6,8-9,17H,4-5,7,14H2,1-3H3. The van der Waals surface area contributed by atoms with Gasteiger partial charge in [-0.25, -0.2) is 9.97 Å². The maximum Gasteiger partial charge on any atom is 0.274 e. The van der Waals surface area contributed by atoms with Crippen LogP contribution in [0.1, 0.15) is 42.5 Å². The lowest BCUT2D eigenvalue weighted by Gasteiger charge is -2.18. The number of hydrogen-bond donors (Lipinski definition) is 2. The van der Waals surface area contributed by atoms with E-state index < -0.39 is 0 Å². The first-order valence-corrected chi connectivity index (χ1v) is 6.72. The summed E-state index contributed by atoms with van der Waals surface area (Å²) in [5.41, 5.74) is 3.25. The predicted octanol–water partition coefficient (Wildman–Crippen LogP) is 0.746. The number of nitrogen functional groups attached to an aromatic ring is 1. The molecule has 20 heavy (non-hydrogen) atoms. The van der Waals surface area contributed by atoms with E-state index in [0.29, 0.717) is 30.3 Å². The summed E-state index contributed by atoms with van der Waals surface area (Å²) in [6.45, 7) is 5.22. The van der Waals surface area contributed by atoms with Gasteiger partial charge in [0, 0.05) is 26.1 Å². The zero-order valence-electron chi connectivity index (χ0n) is 12.1. The van der Waals surface area contributed by atoms with Crippen LogP contribution in [-0.2, 0) is 4.74 Å². The Balaban J connectivity index is 2.26. The van der Waals surface area contributed by atoms with E-state index in [0.717, 1.165) is 6.42 Å².